The maximum Gasteiger partial charge on any atom is 0.410 e. The largest absolute Gasteiger partial charge is 0.444 e. The molecule has 4 heterocycles. The Morgan fingerprint density at radius 3 is 2.00 bits per heavy atom. The maximum atomic E-state index is 14.0. The molecule has 0 spiro atoms. The summed E-state index contributed by atoms with van der Waals surface area (Å²) >= 11 is 6.41. The van der Waals surface area contributed by atoms with Crippen LogP contribution in [0.25, 0.3) is 0 Å². The highest BCUT2D eigenvalue weighted by Gasteiger charge is 2.40. The highest BCUT2D eigenvalue weighted by atomic mass is 79.9. The summed E-state index contributed by atoms with van der Waals surface area (Å²) in [6.07, 6.45) is 0.972. The van der Waals surface area contributed by atoms with Gasteiger partial charge in [-0.1, -0.05) is 0 Å². The van der Waals surface area contributed by atoms with Gasteiger partial charge in [-0.2, -0.15) is 0 Å². The molecule has 8 nitrogen and oxygen atoms in total. The quantitative estimate of drug-likeness (QED) is 0.425. The van der Waals surface area contributed by atoms with Crippen LogP contribution in [0.15, 0.2) is 33.2 Å². The topological polar surface area (TPSA) is 82.2 Å². The molecule has 0 aliphatic carbocycles. The zero-order chi connectivity index (χ0) is 29.6. The summed E-state index contributed by atoms with van der Waals surface area (Å²) in [6.45, 7) is 8.08. The lowest BCUT2D eigenvalue weighted by molar-refractivity contribution is -0.140. The molecule has 0 bridgehead atoms. The van der Waals surface area contributed by atoms with Crippen LogP contribution in [0.2, 0.25) is 0 Å². The molecular formula is C29H32Br2F2N4O4. The highest BCUT2D eigenvalue weighted by molar-refractivity contribution is 9.10. The van der Waals surface area contributed by atoms with Gasteiger partial charge in [-0.3, -0.25) is 14.5 Å². The molecule has 2 aromatic carbocycles. The second-order valence-corrected chi connectivity index (χ2v) is 13.3. The first-order chi connectivity index (χ1) is 19.3. The van der Waals surface area contributed by atoms with Crippen molar-refractivity contribution in [1.29, 1.82) is 0 Å². The molecule has 2 fully saturated rings. The summed E-state index contributed by atoms with van der Waals surface area (Å²) in [6, 6.07) is 6.27. The van der Waals surface area contributed by atoms with Crippen molar-refractivity contribution in [3.63, 3.8) is 0 Å². The number of amides is 3. The average Bonchev–Trinajstić information content (AvgIpc) is 2.89. The van der Waals surface area contributed by atoms with Crippen molar-refractivity contribution in [2.24, 2.45) is 0 Å². The van der Waals surface area contributed by atoms with E-state index in [4.69, 9.17) is 4.74 Å². The van der Waals surface area contributed by atoms with Crippen molar-refractivity contribution >= 4 is 49.8 Å². The number of nitrogens with one attached hydrogen (secondary N) is 1. The fourth-order valence-electron chi connectivity index (χ4n) is 5.81. The summed E-state index contributed by atoms with van der Waals surface area (Å²) in [7, 11) is 0. The van der Waals surface area contributed by atoms with E-state index in [2.05, 4.69) is 37.2 Å². The number of carbonyl (C=O) groups excluding carboxylic acids is 3. The van der Waals surface area contributed by atoms with Crippen molar-refractivity contribution in [2.75, 3.05) is 39.3 Å². The third-order valence-corrected chi connectivity index (χ3v) is 8.92. The van der Waals surface area contributed by atoms with Crippen LogP contribution >= 0.6 is 31.9 Å². The van der Waals surface area contributed by atoms with Gasteiger partial charge < -0.3 is 19.9 Å². The van der Waals surface area contributed by atoms with Crippen LogP contribution in [0.3, 0.4) is 0 Å². The number of benzene rings is 2. The molecule has 12 heteroatoms. The lowest BCUT2D eigenvalue weighted by Gasteiger charge is -2.44. The molecule has 0 aromatic heterocycles. The Bertz CT molecular complexity index is 1400. The second kappa shape index (κ2) is 11.6. The molecule has 3 amide bonds. The molecule has 2 saturated heterocycles. The Balaban J connectivity index is 0.000000174. The van der Waals surface area contributed by atoms with Crippen molar-refractivity contribution in [3.05, 3.63) is 67.1 Å². The molecule has 2 aromatic rings. The van der Waals surface area contributed by atoms with Gasteiger partial charge in [0.1, 0.15) is 23.8 Å². The van der Waals surface area contributed by atoms with Crippen molar-refractivity contribution in [1.82, 2.24) is 20.0 Å². The highest BCUT2D eigenvalue weighted by Crippen LogP contribution is 2.36. The Labute approximate surface area is 254 Å². The third kappa shape index (κ3) is 6.29. The van der Waals surface area contributed by atoms with Gasteiger partial charge >= 0.3 is 6.09 Å². The standard InChI is InChI=1S/C17H20BrFN2O3.C12H12BrFN2O/c1-17(2,3)24-16(23)20-8-14-11-7-13(19)12(18)6-10(11)4-5-21(14)15(22)9-20;13-9-3-7-1-2-16-11(5-15-6-12(16)17)8(7)4-10(9)14/h6-7,14H,4-5,8-9H2,1-3H3;3-4,11,15H,1-2,5-6H2. The average molecular weight is 698 g/mol. The molecular weight excluding hydrogens is 666 g/mol. The molecule has 0 saturated carbocycles. The van der Waals surface area contributed by atoms with Gasteiger partial charge in [-0.15, -0.1) is 0 Å². The van der Waals surface area contributed by atoms with Crippen LogP contribution in [0.1, 0.15) is 55.1 Å². The van der Waals surface area contributed by atoms with Crippen molar-refractivity contribution in [3.8, 4) is 0 Å². The van der Waals surface area contributed by atoms with Gasteiger partial charge in [-0.05, 0) is 112 Å². The Hall–Kier alpha value is -2.57. The van der Waals surface area contributed by atoms with E-state index in [-0.39, 0.29) is 42.1 Å². The lowest BCUT2D eigenvalue weighted by Crippen LogP contribution is -2.56. The predicted molar refractivity (Wildman–Crippen MR) is 155 cm³/mol. The van der Waals surface area contributed by atoms with Crippen LogP contribution in [-0.4, -0.2) is 77.5 Å². The molecule has 41 heavy (non-hydrogen) atoms. The number of halogens is 4. The van der Waals surface area contributed by atoms with Crippen molar-refractivity contribution in [2.45, 2.75) is 51.3 Å². The minimum atomic E-state index is -0.626. The molecule has 4 aliphatic rings. The van der Waals surface area contributed by atoms with Gasteiger partial charge in [0.25, 0.3) is 0 Å². The first kappa shape index (κ1) is 29.9. The van der Waals surface area contributed by atoms with Crippen LogP contribution in [0, 0.1) is 11.6 Å². The van der Waals surface area contributed by atoms with Crippen molar-refractivity contribution < 1.29 is 27.9 Å². The fourth-order valence-corrected chi connectivity index (χ4v) is 6.60. The lowest BCUT2D eigenvalue weighted by atomic mass is 9.90. The van der Waals surface area contributed by atoms with Crippen LogP contribution < -0.4 is 5.32 Å². The van der Waals surface area contributed by atoms with Gasteiger partial charge in [-0.25, -0.2) is 13.6 Å². The summed E-state index contributed by atoms with van der Waals surface area (Å²) in [5.41, 5.74) is 3.22. The van der Waals surface area contributed by atoms with E-state index in [1.54, 1.807) is 37.8 Å². The third-order valence-electron chi connectivity index (χ3n) is 7.70. The van der Waals surface area contributed by atoms with Gasteiger partial charge in [0.15, 0.2) is 0 Å². The molecule has 1 N–H and O–H groups in total. The maximum absolute atomic E-state index is 14.0. The van der Waals surface area contributed by atoms with Crippen LogP contribution in [0.4, 0.5) is 13.6 Å². The number of piperazine rings is 2. The molecule has 4 aliphatic heterocycles. The van der Waals surface area contributed by atoms with Gasteiger partial charge in [0.2, 0.25) is 11.8 Å². The fraction of sp³-hybridized carbons (Fsp3) is 0.483. The first-order valence-electron chi connectivity index (χ1n) is 13.6. The number of hydrogen-bond donors (Lipinski definition) is 1. The molecule has 6 rings (SSSR count). The number of nitrogens with zero attached hydrogens (tertiary/aromatic N) is 3. The SMILES string of the molecule is CC(C)(C)OC(=O)N1CC(=O)N2CCc3cc(Br)c(F)cc3C2C1.O=C1CNCC2c3cc(F)c(Br)cc3CCN12. The van der Waals surface area contributed by atoms with Crippen LogP contribution in [0.5, 0.6) is 0 Å². The summed E-state index contributed by atoms with van der Waals surface area (Å²) in [4.78, 5) is 41.5. The molecule has 2 unspecified atom stereocenters. The van der Waals surface area contributed by atoms with E-state index in [1.807, 2.05) is 11.0 Å². The molecule has 220 valence electrons. The summed E-state index contributed by atoms with van der Waals surface area (Å²) in [5.74, 6) is -0.651. The second-order valence-electron chi connectivity index (χ2n) is 11.6. The number of rotatable bonds is 0. The zero-order valence-corrected chi connectivity index (χ0v) is 26.3. The smallest absolute Gasteiger partial charge is 0.410 e. The van der Waals surface area contributed by atoms with E-state index in [0.717, 1.165) is 35.2 Å². The van der Waals surface area contributed by atoms with E-state index < -0.39 is 11.7 Å². The minimum absolute atomic E-state index is 0.000241. The number of hydrogen-bond acceptors (Lipinski definition) is 5. The van der Waals surface area contributed by atoms with E-state index in [1.165, 1.54) is 11.0 Å². The Kier molecular flexibility index (Phi) is 8.46. The molecule has 2 atom stereocenters. The summed E-state index contributed by atoms with van der Waals surface area (Å²) < 4.78 is 33.9. The van der Waals surface area contributed by atoms with E-state index >= 15 is 0 Å². The predicted octanol–water partition coefficient (Wildman–Crippen LogP) is 4.88. The van der Waals surface area contributed by atoms with Gasteiger partial charge in [0, 0.05) is 26.2 Å². The number of carbonyl (C=O) groups is 3. The van der Waals surface area contributed by atoms with E-state index in [0.29, 0.717) is 41.5 Å². The van der Waals surface area contributed by atoms with Crippen LogP contribution in [-0.2, 0) is 27.2 Å². The normalized spacial score (nSPS) is 21.7. The van der Waals surface area contributed by atoms with E-state index in [9.17, 15) is 23.2 Å². The zero-order valence-electron chi connectivity index (χ0n) is 23.1. The first-order valence-corrected chi connectivity index (χ1v) is 15.1. The number of ether oxygens (including phenoxy) is 1. The van der Waals surface area contributed by atoms with Gasteiger partial charge in [0.05, 0.1) is 27.6 Å². The Morgan fingerprint density at radius 2 is 1.44 bits per heavy atom. The monoisotopic (exact) mass is 696 g/mol. The minimum Gasteiger partial charge on any atom is -0.444 e. The number of fused-ring (bicyclic) bond motifs is 6. The Morgan fingerprint density at radius 1 is 0.902 bits per heavy atom. The summed E-state index contributed by atoms with van der Waals surface area (Å²) in [5, 5.41) is 3.08. The molecule has 0 radical (unpaired) electrons.